The largest absolute Gasteiger partial charge is 0.508 e. The van der Waals surface area contributed by atoms with Gasteiger partial charge in [-0.2, -0.15) is 0 Å². The summed E-state index contributed by atoms with van der Waals surface area (Å²) in [4.78, 5) is 25.5. The van der Waals surface area contributed by atoms with Crippen molar-refractivity contribution in [1.29, 1.82) is 0 Å². The van der Waals surface area contributed by atoms with Gasteiger partial charge in [0.2, 0.25) is 5.43 Å². The Hall–Kier alpha value is -4.26. The molecule has 0 saturated heterocycles. The van der Waals surface area contributed by atoms with Crippen molar-refractivity contribution in [3.05, 3.63) is 88.3 Å². The van der Waals surface area contributed by atoms with Crippen molar-refractivity contribution >= 4 is 16.9 Å². The molecule has 1 heterocycles. The molecular formula is C26H22O7. The van der Waals surface area contributed by atoms with Crippen LogP contribution >= 0.6 is 0 Å². The quantitative estimate of drug-likeness (QED) is 0.418. The van der Waals surface area contributed by atoms with E-state index in [1.54, 1.807) is 43.5 Å². The van der Waals surface area contributed by atoms with Gasteiger partial charge in [-0.15, -0.1) is 0 Å². The molecule has 0 spiro atoms. The molecule has 0 aliphatic rings. The van der Waals surface area contributed by atoms with E-state index in [0.29, 0.717) is 28.0 Å². The van der Waals surface area contributed by atoms with Gasteiger partial charge in [0.15, 0.2) is 0 Å². The van der Waals surface area contributed by atoms with E-state index in [4.69, 9.17) is 13.9 Å². The first-order valence-electron chi connectivity index (χ1n) is 10.2. The van der Waals surface area contributed by atoms with Gasteiger partial charge >= 0.3 is 5.97 Å². The maximum Gasteiger partial charge on any atom is 0.306 e. The first-order valence-corrected chi connectivity index (χ1v) is 10.2. The van der Waals surface area contributed by atoms with Crippen molar-refractivity contribution in [2.24, 2.45) is 0 Å². The van der Waals surface area contributed by atoms with Gasteiger partial charge in [-0.25, -0.2) is 0 Å². The Morgan fingerprint density at radius 3 is 2.30 bits per heavy atom. The van der Waals surface area contributed by atoms with Crippen molar-refractivity contribution in [2.45, 2.75) is 12.3 Å². The van der Waals surface area contributed by atoms with Gasteiger partial charge in [-0.3, -0.25) is 9.59 Å². The second-order valence-corrected chi connectivity index (χ2v) is 7.51. The third-order valence-electron chi connectivity index (χ3n) is 5.60. The molecule has 1 aromatic heterocycles. The summed E-state index contributed by atoms with van der Waals surface area (Å²) in [6, 6.07) is 16.2. The predicted octanol–water partition coefficient (Wildman–Crippen LogP) is 4.57. The second kappa shape index (κ2) is 9.08. The highest BCUT2D eigenvalue weighted by atomic mass is 16.5. The van der Waals surface area contributed by atoms with Crippen molar-refractivity contribution in [1.82, 2.24) is 0 Å². The number of ether oxygens (including phenoxy) is 2. The lowest BCUT2D eigenvalue weighted by molar-refractivity contribution is -0.140. The minimum Gasteiger partial charge on any atom is -0.508 e. The molecule has 33 heavy (non-hydrogen) atoms. The van der Waals surface area contributed by atoms with E-state index in [9.17, 15) is 19.8 Å². The van der Waals surface area contributed by atoms with Crippen LogP contribution in [-0.2, 0) is 9.53 Å². The lowest BCUT2D eigenvalue weighted by atomic mass is 9.86. The van der Waals surface area contributed by atoms with Crippen molar-refractivity contribution in [3.8, 4) is 28.4 Å². The number of hydrogen-bond acceptors (Lipinski definition) is 7. The summed E-state index contributed by atoms with van der Waals surface area (Å²) in [6.07, 6.45) is 1.25. The van der Waals surface area contributed by atoms with Crippen LogP contribution in [-0.4, -0.2) is 30.4 Å². The highest BCUT2D eigenvalue weighted by Crippen LogP contribution is 2.39. The second-order valence-electron chi connectivity index (χ2n) is 7.51. The number of hydrogen-bond donors (Lipinski definition) is 2. The molecule has 0 radical (unpaired) electrons. The van der Waals surface area contributed by atoms with Gasteiger partial charge in [-0.05, 0) is 47.5 Å². The first-order chi connectivity index (χ1) is 15.9. The highest BCUT2D eigenvalue weighted by molar-refractivity contribution is 5.87. The molecule has 0 aliphatic carbocycles. The fraction of sp³-hybridized carbons (Fsp3) is 0.154. The predicted molar refractivity (Wildman–Crippen MR) is 123 cm³/mol. The number of carbonyl (C=O) groups is 1. The third kappa shape index (κ3) is 4.25. The molecule has 4 aromatic rings. The minimum absolute atomic E-state index is 0.0705. The van der Waals surface area contributed by atoms with Crippen LogP contribution in [0.25, 0.3) is 22.1 Å². The maximum absolute atomic E-state index is 13.3. The zero-order chi connectivity index (χ0) is 23.5. The standard InChI is InChI=1S/C26H22O7/c1-31-18-9-5-15(6-10-18)20(13-23(29)32-2)24-22(28)12-11-19-25(30)21(14-33-26(19)24)16-3-7-17(27)8-4-16/h3-12,14,20,27-28H,13H2,1-2H3. The molecule has 2 N–H and O–H groups in total. The summed E-state index contributed by atoms with van der Waals surface area (Å²) in [5.41, 5.74) is 1.82. The number of fused-ring (bicyclic) bond motifs is 1. The Labute approximate surface area is 189 Å². The molecule has 7 heteroatoms. The summed E-state index contributed by atoms with van der Waals surface area (Å²) >= 11 is 0. The average Bonchev–Trinajstić information content (AvgIpc) is 2.84. The average molecular weight is 446 g/mol. The monoisotopic (exact) mass is 446 g/mol. The Morgan fingerprint density at radius 2 is 1.67 bits per heavy atom. The van der Waals surface area contributed by atoms with E-state index in [1.165, 1.54) is 37.6 Å². The van der Waals surface area contributed by atoms with Crippen LogP contribution in [0.5, 0.6) is 17.2 Å². The number of rotatable bonds is 6. The lowest BCUT2D eigenvalue weighted by Gasteiger charge is -2.20. The zero-order valence-corrected chi connectivity index (χ0v) is 18.1. The van der Waals surface area contributed by atoms with Crippen LogP contribution in [0.3, 0.4) is 0 Å². The number of esters is 1. The van der Waals surface area contributed by atoms with E-state index in [1.807, 2.05) is 0 Å². The van der Waals surface area contributed by atoms with Crippen LogP contribution in [0.15, 0.2) is 76.1 Å². The van der Waals surface area contributed by atoms with Crippen LogP contribution in [0.4, 0.5) is 0 Å². The smallest absolute Gasteiger partial charge is 0.306 e. The van der Waals surface area contributed by atoms with Crippen molar-refractivity contribution in [3.63, 3.8) is 0 Å². The summed E-state index contributed by atoms with van der Waals surface area (Å²) in [5.74, 6) is -0.484. The van der Waals surface area contributed by atoms with E-state index in [2.05, 4.69) is 0 Å². The van der Waals surface area contributed by atoms with Gasteiger partial charge in [0.25, 0.3) is 0 Å². The molecular weight excluding hydrogens is 424 g/mol. The zero-order valence-electron chi connectivity index (χ0n) is 18.1. The summed E-state index contributed by atoms with van der Waals surface area (Å²) in [5, 5.41) is 20.6. The van der Waals surface area contributed by atoms with E-state index in [-0.39, 0.29) is 34.3 Å². The molecule has 0 amide bonds. The number of carbonyl (C=O) groups excluding carboxylic acids is 1. The molecule has 7 nitrogen and oxygen atoms in total. The molecule has 0 fully saturated rings. The van der Waals surface area contributed by atoms with Gasteiger partial charge in [0, 0.05) is 11.5 Å². The SMILES string of the molecule is COC(=O)CC(c1ccc(OC)cc1)c1c(O)ccc2c(=O)c(-c3ccc(O)cc3)coc12. The van der Waals surface area contributed by atoms with Gasteiger partial charge in [0.1, 0.15) is 29.1 Å². The molecule has 0 saturated carbocycles. The minimum atomic E-state index is -0.630. The Balaban J connectivity index is 1.91. The Bertz CT molecular complexity index is 1350. The van der Waals surface area contributed by atoms with Gasteiger partial charge in [0.05, 0.1) is 31.6 Å². The molecule has 0 bridgehead atoms. The lowest BCUT2D eigenvalue weighted by Crippen LogP contribution is -2.12. The normalized spacial score (nSPS) is 11.8. The molecule has 3 aromatic carbocycles. The molecule has 4 rings (SSSR count). The van der Waals surface area contributed by atoms with Crippen molar-refractivity contribution in [2.75, 3.05) is 14.2 Å². The summed E-state index contributed by atoms with van der Waals surface area (Å²) < 4.78 is 16.0. The van der Waals surface area contributed by atoms with Gasteiger partial charge < -0.3 is 24.1 Å². The molecule has 1 unspecified atom stereocenters. The molecule has 0 aliphatic heterocycles. The number of aromatic hydroxyl groups is 2. The fourth-order valence-electron chi connectivity index (χ4n) is 3.86. The molecule has 1 atom stereocenters. The molecule has 168 valence electrons. The number of phenols is 2. The first kappa shape index (κ1) is 22.0. The Morgan fingerprint density at radius 1 is 0.970 bits per heavy atom. The van der Waals surface area contributed by atoms with Crippen LogP contribution < -0.4 is 10.2 Å². The van der Waals surface area contributed by atoms with Crippen molar-refractivity contribution < 1.29 is 28.9 Å². The maximum atomic E-state index is 13.3. The highest BCUT2D eigenvalue weighted by Gasteiger charge is 2.26. The van der Waals surface area contributed by atoms with Crippen LogP contribution in [0.2, 0.25) is 0 Å². The third-order valence-corrected chi connectivity index (χ3v) is 5.60. The topological polar surface area (TPSA) is 106 Å². The van der Waals surface area contributed by atoms with E-state index >= 15 is 0 Å². The number of methoxy groups -OCH3 is 2. The summed E-state index contributed by atoms with van der Waals surface area (Å²) in [7, 11) is 2.85. The van der Waals surface area contributed by atoms with Crippen LogP contribution in [0.1, 0.15) is 23.5 Å². The van der Waals surface area contributed by atoms with E-state index in [0.717, 1.165) is 0 Å². The Kier molecular flexibility index (Phi) is 6.04. The summed E-state index contributed by atoms with van der Waals surface area (Å²) in [6.45, 7) is 0. The fourth-order valence-corrected chi connectivity index (χ4v) is 3.86. The van der Waals surface area contributed by atoms with E-state index < -0.39 is 11.9 Å². The van der Waals surface area contributed by atoms with Gasteiger partial charge in [-0.1, -0.05) is 24.3 Å². The number of benzene rings is 3. The number of phenolic OH excluding ortho intramolecular Hbond substituents is 2. The van der Waals surface area contributed by atoms with Crippen LogP contribution in [0, 0.1) is 0 Å².